The van der Waals surface area contributed by atoms with E-state index in [9.17, 15) is 14.3 Å². The van der Waals surface area contributed by atoms with E-state index in [2.05, 4.69) is 15.0 Å². The van der Waals surface area contributed by atoms with Crippen LogP contribution >= 0.6 is 11.6 Å². The molecule has 1 N–H and O–H groups in total. The average Bonchev–Trinajstić information content (AvgIpc) is 3.27. The van der Waals surface area contributed by atoms with E-state index in [0.717, 1.165) is 6.42 Å². The van der Waals surface area contributed by atoms with Gasteiger partial charge in [-0.3, -0.25) is 4.98 Å². The van der Waals surface area contributed by atoms with Gasteiger partial charge < -0.3 is 19.1 Å². The molecule has 0 amide bonds. The number of rotatable bonds is 9. The number of imidazole rings is 1. The van der Waals surface area contributed by atoms with Gasteiger partial charge in [0.1, 0.15) is 24.1 Å². The minimum Gasteiger partial charge on any atom is -0.478 e. The van der Waals surface area contributed by atoms with Gasteiger partial charge in [-0.15, -0.1) is 0 Å². The molecule has 11 heteroatoms. The summed E-state index contributed by atoms with van der Waals surface area (Å²) in [5, 5.41) is 9.74. The van der Waals surface area contributed by atoms with Crippen LogP contribution in [0.3, 0.4) is 0 Å². The largest absolute Gasteiger partial charge is 0.478 e. The average molecular weight is 577 g/mol. The van der Waals surface area contributed by atoms with Crippen molar-refractivity contribution in [3.05, 3.63) is 106 Å². The van der Waals surface area contributed by atoms with Crippen LogP contribution in [0.1, 0.15) is 33.7 Å². The molecule has 0 aliphatic carbocycles. The third-order valence-electron chi connectivity index (χ3n) is 6.95. The first-order chi connectivity index (χ1) is 19.8. The Bertz CT molecular complexity index is 1770. The highest BCUT2D eigenvalue weighted by molar-refractivity contribution is 6.30. The molecule has 1 fully saturated rings. The van der Waals surface area contributed by atoms with Crippen LogP contribution in [0, 0.1) is 11.6 Å². The molecule has 8 nitrogen and oxygen atoms in total. The van der Waals surface area contributed by atoms with E-state index in [0.29, 0.717) is 52.4 Å². The number of carboxylic acid groups (broad SMARTS) is 1. The third-order valence-corrected chi connectivity index (χ3v) is 7.19. The number of benzene rings is 3. The topological polar surface area (TPSA) is 99.4 Å². The van der Waals surface area contributed by atoms with Crippen LogP contribution in [-0.2, 0) is 24.3 Å². The Morgan fingerprint density at radius 2 is 1.85 bits per heavy atom. The lowest BCUT2D eigenvalue weighted by Crippen LogP contribution is -2.31. The second kappa shape index (κ2) is 11.2. The van der Waals surface area contributed by atoms with E-state index >= 15 is 4.39 Å². The lowest BCUT2D eigenvalue weighted by molar-refractivity contribution is -0.0589. The van der Waals surface area contributed by atoms with Crippen LogP contribution in [-0.4, -0.2) is 43.3 Å². The number of halogens is 3. The maximum absolute atomic E-state index is 15.4. The zero-order chi connectivity index (χ0) is 28.5. The predicted octanol–water partition coefficient (Wildman–Crippen LogP) is 6.08. The molecule has 0 radical (unpaired) electrons. The van der Waals surface area contributed by atoms with Crippen molar-refractivity contribution in [3.63, 3.8) is 0 Å². The molecule has 3 aromatic carbocycles. The molecule has 1 atom stereocenters. The van der Waals surface area contributed by atoms with Crippen molar-refractivity contribution in [1.29, 1.82) is 0 Å². The zero-order valence-corrected chi connectivity index (χ0v) is 22.3. The number of carboxylic acids is 1. The monoisotopic (exact) mass is 576 g/mol. The number of hydrogen-bond donors (Lipinski definition) is 1. The Balaban J connectivity index is 1.24. The predicted molar refractivity (Wildman–Crippen MR) is 147 cm³/mol. The van der Waals surface area contributed by atoms with Gasteiger partial charge in [0, 0.05) is 29.2 Å². The number of nitrogens with zero attached hydrogens (tertiary/aromatic N) is 4. The van der Waals surface area contributed by atoms with E-state index in [1.165, 1.54) is 36.7 Å². The molecule has 0 bridgehead atoms. The van der Waals surface area contributed by atoms with E-state index in [1.54, 1.807) is 30.3 Å². The van der Waals surface area contributed by atoms with Crippen molar-refractivity contribution in [2.75, 3.05) is 6.61 Å². The SMILES string of the molecule is O=C(O)c1ccc2nc(Cc3ccc(-c4cncc(OCc5ccc(Cl)cc5F)n4)cc3F)n(C[C@@H]3CCO3)c2c1. The molecule has 208 valence electrons. The Morgan fingerprint density at radius 3 is 2.59 bits per heavy atom. The fourth-order valence-corrected chi connectivity index (χ4v) is 4.80. The molecule has 5 aromatic rings. The van der Waals surface area contributed by atoms with Gasteiger partial charge in [0.05, 0.1) is 47.3 Å². The quantitative estimate of drug-likeness (QED) is 0.227. The Kier molecular flexibility index (Phi) is 7.34. The maximum atomic E-state index is 15.4. The Morgan fingerprint density at radius 1 is 1.05 bits per heavy atom. The fourth-order valence-electron chi connectivity index (χ4n) is 4.64. The van der Waals surface area contributed by atoms with Gasteiger partial charge in [-0.25, -0.2) is 23.5 Å². The summed E-state index contributed by atoms with van der Waals surface area (Å²) in [4.78, 5) is 24.8. The van der Waals surface area contributed by atoms with Gasteiger partial charge in [0.25, 0.3) is 0 Å². The second-order valence-corrected chi connectivity index (χ2v) is 10.1. The van der Waals surface area contributed by atoms with Crippen LogP contribution in [0.15, 0.2) is 67.0 Å². The molecule has 2 aromatic heterocycles. The first-order valence-electron chi connectivity index (χ1n) is 12.9. The van der Waals surface area contributed by atoms with Crippen molar-refractivity contribution in [3.8, 4) is 17.1 Å². The molecular weight excluding hydrogens is 554 g/mol. The summed E-state index contributed by atoms with van der Waals surface area (Å²) in [6.45, 7) is 1.10. The number of aromatic nitrogens is 4. The highest BCUT2D eigenvalue weighted by atomic mass is 35.5. The van der Waals surface area contributed by atoms with Crippen molar-refractivity contribution >= 4 is 28.6 Å². The summed E-state index contributed by atoms with van der Waals surface area (Å²) in [7, 11) is 0. The van der Waals surface area contributed by atoms with Crippen LogP contribution in [0.4, 0.5) is 8.78 Å². The van der Waals surface area contributed by atoms with Gasteiger partial charge in [0.15, 0.2) is 0 Å². The zero-order valence-electron chi connectivity index (χ0n) is 21.6. The van der Waals surface area contributed by atoms with E-state index < -0.39 is 17.6 Å². The van der Waals surface area contributed by atoms with Gasteiger partial charge in [-0.2, -0.15) is 0 Å². The third kappa shape index (κ3) is 5.75. The summed E-state index contributed by atoms with van der Waals surface area (Å²) >= 11 is 5.80. The standard InChI is InChI=1S/C30H23ClF2N4O4/c31-21-5-3-20(24(33)12-21)16-41-29-14-34-13-26(36-29)18-2-1-17(23(32)9-18)11-28-35-25-6-4-19(30(38)39)10-27(25)37(28)15-22-7-8-40-22/h1-6,9-10,12-14,22H,7-8,11,15-16H2,(H,38,39)/t22-/m0/s1. The number of fused-ring (bicyclic) bond motifs is 1. The summed E-state index contributed by atoms with van der Waals surface area (Å²) in [5.74, 6) is -1.21. The minimum absolute atomic E-state index is 0.00360. The van der Waals surface area contributed by atoms with Gasteiger partial charge in [0.2, 0.25) is 5.88 Å². The van der Waals surface area contributed by atoms with Crippen LogP contribution < -0.4 is 4.74 Å². The maximum Gasteiger partial charge on any atom is 0.335 e. The summed E-state index contributed by atoms with van der Waals surface area (Å²) in [5.41, 5.74) is 3.05. The molecule has 1 aliphatic rings. The van der Waals surface area contributed by atoms with Crippen LogP contribution in [0.25, 0.3) is 22.3 Å². The van der Waals surface area contributed by atoms with E-state index in [-0.39, 0.29) is 35.6 Å². The number of hydrogen-bond acceptors (Lipinski definition) is 6. The number of carbonyl (C=O) groups is 1. The minimum atomic E-state index is -1.03. The van der Waals surface area contributed by atoms with Gasteiger partial charge >= 0.3 is 5.97 Å². The summed E-state index contributed by atoms with van der Waals surface area (Å²) < 4.78 is 42.6. The summed E-state index contributed by atoms with van der Waals surface area (Å²) in [6, 6.07) is 13.8. The Labute approximate surface area is 238 Å². The number of aromatic carboxylic acids is 1. The molecule has 0 unspecified atom stereocenters. The van der Waals surface area contributed by atoms with Gasteiger partial charge in [-0.1, -0.05) is 29.8 Å². The molecular formula is C30H23ClF2N4O4. The molecule has 0 saturated carbocycles. The molecule has 6 rings (SSSR count). The lowest BCUT2D eigenvalue weighted by Gasteiger charge is -2.27. The second-order valence-electron chi connectivity index (χ2n) is 9.68. The smallest absolute Gasteiger partial charge is 0.335 e. The van der Waals surface area contributed by atoms with Crippen LogP contribution in [0.5, 0.6) is 5.88 Å². The first-order valence-corrected chi connectivity index (χ1v) is 13.2. The highest BCUT2D eigenvalue weighted by Gasteiger charge is 2.23. The van der Waals surface area contributed by atoms with E-state index in [1.807, 2.05) is 4.57 Å². The van der Waals surface area contributed by atoms with Crippen molar-refractivity contribution in [2.45, 2.75) is 32.1 Å². The molecule has 0 spiro atoms. The van der Waals surface area contributed by atoms with Gasteiger partial charge in [-0.05, 0) is 48.4 Å². The van der Waals surface area contributed by atoms with Crippen LogP contribution in [0.2, 0.25) is 5.02 Å². The lowest BCUT2D eigenvalue weighted by atomic mass is 10.1. The molecule has 41 heavy (non-hydrogen) atoms. The highest BCUT2D eigenvalue weighted by Crippen LogP contribution is 2.27. The Hall–Kier alpha value is -4.41. The molecule has 1 aliphatic heterocycles. The van der Waals surface area contributed by atoms with Crippen molar-refractivity contribution in [1.82, 2.24) is 19.5 Å². The van der Waals surface area contributed by atoms with E-state index in [4.69, 9.17) is 21.1 Å². The van der Waals surface area contributed by atoms with Crippen molar-refractivity contribution < 1.29 is 28.2 Å². The van der Waals surface area contributed by atoms with Crippen molar-refractivity contribution in [2.24, 2.45) is 0 Å². The fraction of sp³-hybridized carbons (Fsp3) is 0.200. The molecule has 3 heterocycles. The first kappa shape index (κ1) is 26.8. The normalized spacial score (nSPS) is 14.7. The summed E-state index contributed by atoms with van der Waals surface area (Å²) in [6.07, 6.45) is 3.96. The molecule has 1 saturated heterocycles. The number of ether oxygens (including phenoxy) is 2.